The number of hydrogen-bond donors (Lipinski definition) is 1. The van der Waals surface area contributed by atoms with E-state index in [-0.39, 0.29) is 11.9 Å². The van der Waals surface area contributed by atoms with Crippen molar-refractivity contribution in [3.8, 4) is 0 Å². The minimum atomic E-state index is 0.0280. The molecule has 1 rings (SSSR count). The molecule has 1 amide bonds. The maximum Gasteiger partial charge on any atom is 0.220 e. The van der Waals surface area contributed by atoms with Gasteiger partial charge in [-0.25, -0.2) is 0 Å². The topological polar surface area (TPSA) is 68.0 Å². The lowest BCUT2D eigenvalue weighted by Crippen LogP contribution is -2.32. The molecular formula is C10H17N3O2. The van der Waals surface area contributed by atoms with Gasteiger partial charge in [-0.15, -0.1) is 10.2 Å². The van der Waals surface area contributed by atoms with Gasteiger partial charge in [0.1, 0.15) is 0 Å². The standard InChI is InChI=1S/C10H17N3O2/c1-4-7(2)11-9(14)5-6-10-13-12-8(3)15-10/h7H,4-6H2,1-3H3,(H,11,14). The van der Waals surface area contributed by atoms with Crippen LogP contribution in [-0.2, 0) is 11.2 Å². The largest absolute Gasteiger partial charge is 0.426 e. The van der Waals surface area contributed by atoms with Crippen LogP contribution in [0, 0.1) is 6.92 Å². The molecule has 5 nitrogen and oxygen atoms in total. The molecule has 0 aliphatic heterocycles. The van der Waals surface area contributed by atoms with E-state index in [2.05, 4.69) is 15.5 Å². The number of nitrogens with one attached hydrogen (secondary N) is 1. The second-order valence-electron chi connectivity index (χ2n) is 3.59. The zero-order valence-electron chi connectivity index (χ0n) is 9.41. The van der Waals surface area contributed by atoms with Gasteiger partial charge in [-0.1, -0.05) is 6.92 Å². The van der Waals surface area contributed by atoms with Crippen molar-refractivity contribution >= 4 is 5.91 Å². The number of rotatable bonds is 5. The van der Waals surface area contributed by atoms with Crippen LogP contribution in [0.4, 0.5) is 0 Å². The Hall–Kier alpha value is -1.39. The SMILES string of the molecule is CCC(C)NC(=O)CCc1nnc(C)o1. The van der Waals surface area contributed by atoms with E-state index in [1.54, 1.807) is 6.92 Å². The molecular weight excluding hydrogens is 194 g/mol. The fourth-order valence-electron chi connectivity index (χ4n) is 1.11. The van der Waals surface area contributed by atoms with Gasteiger partial charge in [0.25, 0.3) is 0 Å². The number of carbonyl (C=O) groups is 1. The molecule has 0 aromatic carbocycles. The second-order valence-corrected chi connectivity index (χ2v) is 3.59. The lowest BCUT2D eigenvalue weighted by Gasteiger charge is -2.10. The van der Waals surface area contributed by atoms with Crippen molar-refractivity contribution in [3.63, 3.8) is 0 Å². The molecule has 0 aliphatic rings. The van der Waals surface area contributed by atoms with Crippen molar-refractivity contribution in [2.75, 3.05) is 0 Å². The van der Waals surface area contributed by atoms with E-state index in [1.165, 1.54) is 0 Å². The Kier molecular flexibility index (Phi) is 4.27. The van der Waals surface area contributed by atoms with Crippen LogP contribution in [0.5, 0.6) is 0 Å². The molecule has 1 N–H and O–H groups in total. The summed E-state index contributed by atoms with van der Waals surface area (Å²) in [5.41, 5.74) is 0. The number of amides is 1. The third kappa shape index (κ3) is 4.10. The van der Waals surface area contributed by atoms with E-state index >= 15 is 0 Å². The van der Waals surface area contributed by atoms with Crippen LogP contribution >= 0.6 is 0 Å². The normalized spacial score (nSPS) is 12.5. The van der Waals surface area contributed by atoms with E-state index in [9.17, 15) is 4.79 Å². The van der Waals surface area contributed by atoms with Gasteiger partial charge in [0.05, 0.1) is 0 Å². The summed E-state index contributed by atoms with van der Waals surface area (Å²) in [7, 11) is 0. The molecule has 0 radical (unpaired) electrons. The van der Waals surface area contributed by atoms with Crippen molar-refractivity contribution in [2.45, 2.75) is 46.1 Å². The highest BCUT2D eigenvalue weighted by atomic mass is 16.4. The molecule has 0 spiro atoms. The lowest BCUT2D eigenvalue weighted by atomic mass is 10.2. The van der Waals surface area contributed by atoms with Gasteiger partial charge in [0.15, 0.2) is 0 Å². The maximum absolute atomic E-state index is 11.4. The first kappa shape index (κ1) is 11.7. The van der Waals surface area contributed by atoms with Gasteiger partial charge in [-0.2, -0.15) is 0 Å². The average Bonchev–Trinajstić information content (AvgIpc) is 2.61. The minimum Gasteiger partial charge on any atom is -0.426 e. The van der Waals surface area contributed by atoms with E-state index in [1.807, 2.05) is 13.8 Å². The Balaban J connectivity index is 2.28. The fourth-order valence-corrected chi connectivity index (χ4v) is 1.11. The molecule has 84 valence electrons. The quantitative estimate of drug-likeness (QED) is 0.795. The van der Waals surface area contributed by atoms with E-state index < -0.39 is 0 Å². The summed E-state index contributed by atoms with van der Waals surface area (Å²) in [4.78, 5) is 11.4. The first-order valence-corrected chi connectivity index (χ1v) is 5.20. The van der Waals surface area contributed by atoms with Crippen LogP contribution in [-0.4, -0.2) is 22.1 Å². The van der Waals surface area contributed by atoms with Crippen molar-refractivity contribution in [1.82, 2.24) is 15.5 Å². The second kappa shape index (κ2) is 5.48. The molecule has 1 atom stereocenters. The van der Waals surface area contributed by atoms with Gasteiger partial charge in [0.2, 0.25) is 17.7 Å². The highest BCUT2D eigenvalue weighted by molar-refractivity contribution is 5.76. The molecule has 1 aromatic rings. The summed E-state index contributed by atoms with van der Waals surface area (Å²) in [5, 5.41) is 10.4. The maximum atomic E-state index is 11.4. The molecule has 1 unspecified atom stereocenters. The van der Waals surface area contributed by atoms with Crippen molar-refractivity contribution in [3.05, 3.63) is 11.8 Å². The summed E-state index contributed by atoms with van der Waals surface area (Å²) in [6.45, 7) is 5.75. The van der Waals surface area contributed by atoms with Gasteiger partial charge >= 0.3 is 0 Å². The first-order valence-electron chi connectivity index (χ1n) is 5.20. The smallest absolute Gasteiger partial charge is 0.220 e. The third-order valence-corrected chi connectivity index (χ3v) is 2.15. The summed E-state index contributed by atoms with van der Waals surface area (Å²) in [5.74, 6) is 1.08. The number of nitrogens with zero attached hydrogens (tertiary/aromatic N) is 2. The van der Waals surface area contributed by atoms with Gasteiger partial charge in [0, 0.05) is 25.8 Å². The molecule has 1 heterocycles. The first-order chi connectivity index (χ1) is 7.11. The number of aromatic nitrogens is 2. The molecule has 5 heteroatoms. The summed E-state index contributed by atoms with van der Waals surface area (Å²) >= 11 is 0. The molecule has 0 aliphatic carbocycles. The van der Waals surface area contributed by atoms with Crippen LogP contribution in [0.15, 0.2) is 4.42 Å². The molecule has 1 aromatic heterocycles. The Bertz CT molecular complexity index is 322. The summed E-state index contributed by atoms with van der Waals surface area (Å²) in [6.07, 6.45) is 1.83. The number of hydrogen-bond acceptors (Lipinski definition) is 4. The predicted molar refractivity (Wildman–Crippen MR) is 55.3 cm³/mol. The number of aryl methyl sites for hydroxylation is 2. The number of carbonyl (C=O) groups excluding carboxylic acids is 1. The van der Waals surface area contributed by atoms with E-state index in [0.29, 0.717) is 24.6 Å². The van der Waals surface area contributed by atoms with Crippen LogP contribution in [0.2, 0.25) is 0 Å². The van der Waals surface area contributed by atoms with Crippen molar-refractivity contribution in [1.29, 1.82) is 0 Å². The van der Waals surface area contributed by atoms with E-state index in [0.717, 1.165) is 6.42 Å². The molecule has 0 fully saturated rings. The lowest BCUT2D eigenvalue weighted by molar-refractivity contribution is -0.121. The van der Waals surface area contributed by atoms with Crippen LogP contribution in [0.25, 0.3) is 0 Å². The van der Waals surface area contributed by atoms with Crippen molar-refractivity contribution < 1.29 is 9.21 Å². The monoisotopic (exact) mass is 211 g/mol. The Labute approximate surface area is 89.3 Å². The molecule has 0 saturated carbocycles. The summed E-state index contributed by atoms with van der Waals surface area (Å²) in [6, 6.07) is 0.224. The van der Waals surface area contributed by atoms with Crippen LogP contribution < -0.4 is 5.32 Å². The van der Waals surface area contributed by atoms with Crippen molar-refractivity contribution in [2.24, 2.45) is 0 Å². The fraction of sp³-hybridized carbons (Fsp3) is 0.700. The summed E-state index contributed by atoms with van der Waals surface area (Å²) < 4.78 is 5.16. The van der Waals surface area contributed by atoms with Gasteiger partial charge < -0.3 is 9.73 Å². The zero-order valence-corrected chi connectivity index (χ0v) is 9.41. The van der Waals surface area contributed by atoms with Crippen LogP contribution in [0.1, 0.15) is 38.5 Å². The third-order valence-electron chi connectivity index (χ3n) is 2.15. The highest BCUT2D eigenvalue weighted by Gasteiger charge is 2.08. The Morgan fingerprint density at radius 1 is 1.53 bits per heavy atom. The van der Waals surface area contributed by atoms with Gasteiger partial charge in [-0.05, 0) is 13.3 Å². The van der Waals surface area contributed by atoms with E-state index in [4.69, 9.17) is 4.42 Å². The molecule has 0 bridgehead atoms. The Morgan fingerprint density at radius 3 is 2.80 bits per heavy atom. The van der Waals surface area contributed by atoms with Gasteiger partial charge in [-0.3, -0.25) is 4.79 Å². The highest BCUT2D eigenvalue weighted by Crippen LogP contribution is 2.01. The predicted octanol–water partition coefficient (Wildman–Crippen LogP) is 1.23. The molecule has 0 saturated heterocycles. The Morgan fingerprint density at radius 2 is 2.27 bits per heavy atom. The minimum absolute atomic E-state index is 0.0280. The average molecular weight is 211 g/mol. The zero-order chi connectivity index (χ0) is 11.3. The molecule has 15 heavy (non-hydrogen) atoms. The van der Waals surface area contributed by atoms with Crippen LogP contribution in [0.3, 0.4) is 0 Å².